The molecule has 0 radical (unpaired) electrons. The predicted octanol–water partition coefficient (Wildman–Crippen LogP) is 2.86. The lowest BCUT2D eigenvalue weighted by atomic mass is 10.2. The molecule has 0 fully saturated rings. The first-order chi connectivity index (χ1) is 9.28. The van der Waals surface area contributed by atoms with E-state index in [1.165, 1.54) is 17.8 Å². The van der Waals surface area contributed by atoms with E-state index < -0.39 is 0 Å². The van der Waals surface area contributed by atoms with Crippen molar-refractivity contribution in [3.63, 3.8) is 0 Å². The van der Waals surface area contributed by atoms with Crippen LogP contribution in [0.15, 0.2) is 18.3 Å². The summed E-state index contributed by atoms with van der Waals surface area (Å²) >= 11 is 1.83. The van der Waals surface area contributed by atoms with E-state index in [-0.39, 0.29) is 5.82 Å². The average Bonchev–Trinajstić information content (AvgIpc) is 2.88. The third kappa shape index (κ3) is 2.40. The predicted molar refractivity (Wildman–Crippen MR) is 74.4 cm³/mol. The van der Waals surface area contributed by atoms with Crippen molar-refractivity contribution < 1.29 is 4.39 Å². The zero-order valence-corrected chi connectivity index (χ0v) is 11.3. The standard InChI is InChI=1S/C13H13FN4S/c1-2-15-12-9-6-19-7-11(9)17-13(18-12)10-4-3-8(14)5-16-10/h3-5H,2,6-7H2,1H3,(H,15,17,18). The van der Waals surface area contributed by atoms with Crippen LogP contribution in [0.25, 0.3) is 11.5 Å². The number of hydrogen-bond donors (Lipinski definition) is 1. The van der Waals surface area contributed by atoms with Gasteiger partial charge in [-0.15, -0.1) is 0 Å². The largest absolute Gasteiger partial charge is 0.370 e. The summed E-state index contributed by atoms with van der Waals surface area (Å²) < 4.78 is 12.9. The van der Waals surface area contributed by atoms with Crippen LogP contribution in [0.1, 0.15) is 18.2 Å². The van der Waals surface area contributed by atoms with Crippen LogP contribution >= 0.6 is 11.8 Å². The molecule has 0 saturated heterocycles. The van der Waals surface area contributed by atoms with Crippen LogP contribution in [-0.4, -0.2) is 21.5 Å². The number of nitrogens with one attached hydrogen (secondary N) is 1. The Labute approximate surface area is 114 Å². The summed E-state index contributed by atoms with van der Waals surface area (Å²) in [6.07, 6.45) is 1.19. The molecule has 1 aliphatic rings. The van der Waals surface area contributed by atoms with Crippen LogP contribution in [-0.2, 0) is 11.5 Å². The molecule has 0 amide bonds. The van der Waals surface area contributed by atoms with Crippen LogP contribution in [0.5, 0.6) is 0 Å². The molecule has 0 spiro atoms. The molecule has 1 N–H and O–H groups in total. The van der Waals surface area contributed by atoms with Gasteiger partial charge in [0, 0.05) is 23.6 Å². The molecule has 4 nitrogen and oxygen atoms in total. The number of fused-ring (bicyclic) bond motifs is 1. The van der Waals surface area contributed by atoms with Crippen LogP contribution in [0.4, 0.5) is 10.2 Å². The highest BCUT2D eigenvalue weighted by molar-refractivity contribution is 7.98. The van der Waals surface area contributed by atoms with Gasteiger partial charge in [0.2, 0.25) is 0 Å². The van der Waals surface area contributed by atoms with Gasteiger partial charge in [-0.2, -0.15) is 11.8 Å². The number of hydrogen-bond acceptors (Lipinski definition) is 5. The Hall–Kier alpha value is -1.69. The van der Waals surface area contributed by atoms with Gasteiger partial charge in [-0.05, 0) is 19.1 Å². The number of pyridine rings is 1. The molecule has 3 heterocycles. The lowest BCUT2D eigenvalue weighted by molar-refractivity contribution is 0.621. The molecule has 0 aromatic carbocycles. The van der Waals surface area contributed by atoms with Gasteiger partial charge >= 0.3 is 0 Å². The van der Waals surface area contributed by atoms with E-state index in [1.807, 2.05) is 18.7 Å². The summed E-state index contributed by atoms with van der Waals surface area (Å²) in [5, 5.41) is 3.26. The molecule has 0 unspecified atom stereocenters. The van der Waals surface area contributed by atoms with Crippen molar-refractivity contribution in [3.8, 4) is 11.5 Å². The lowest BCUT2D eigenvalue weighted by Crippen LogP contribution is -2.07. The highest BCUT2D eigenvalue weighted by atomic mass is 32.2. The normalized spacial score (nSPS) is 13.4. The zero-order valence-electron chi connectivity index (χ0n) is 10.5. The smallest absolute Gasteiger partial charge is 0.180 e. The summed E-state index contributed by atoms with van der Waals surface area (Å²) in [4.78, 5) is 13.1. The van der Waals surface area contributed by atoms with Gasteiger partial charge in [-0.3, -0.25) is 0 Å². The maximum atomic E-state index is 12.9. The minimum absolute atomic E-state index is 0.354. The van der Waals surface area contributed by atoms with Gasteiger partial charge in [-0.25, -0.2) is 19.3 Å². The number of halogens is 1. The SMILES string of the molecule is CCNc1nc(-c2ccc(F)cn2)nc2c1CSC2. The Morgan fingerprint density at radius 2 is 2.21 bits per heavy atom. The molecule has 19 heavy (non-hydrogen) atoms. The highest BCUT2D eigenvalue weighted by Crippen LogP contribution is 2.34. The fraction of sp³-hybridized carbons (Fsp3) is 0.308. The molecule has 2 aromatic rings. The van der Waals surface area contributed by atoms with Crippen molar-refractivity contribution in [2.45, 2.75) is 18.4 Å². The Balaban J connectivity index is 2.07. The third-order valence-electron chi connectivity index (χ3n) is 2.88. The van der Waals surface area contributed by atoms with Crippen molar-refractivity contribution in [3.05, 3.63) is 35.4 Å². The molecule has 1 aliphatic heterocycles. The third-order valence-corrected chi connectivity index (χ3v) is 3.85. The van der Waals surface area contributed by atoms with Gasteiger partial charge in [0.1, 0.15) is 17.3 Å². The number of anilines is 1. The van der Waals surface area contributed by atoms with Gasteiger partial charge in [0.15, 0.2) is 5.82 Å². The fourth-order valence-electron chi connectivity index (χ4n) is 1.99. The van der Waals surface area contributed by atoms with Gasteiger partial charge < -0.3 is 5.32 Å². The number of rotatable bonds is 3. The molecular weight excluding hydrogens is 263 g/mol. The van der Waals surface area contributed by atoms with Crippen molar-refractivity contribution in [2.24, 2.45) is 0 Å². The van der Waals surface area contributed by atoms with E-state index >= 15 is 0 Å². The molecule has 0 saturated carbocycles. The lowest BCUT2D eigenvalue weighted by Gasteiger charge is -2.10. The first kappa shape index (κ1) is 12.3. The minimum Gasteiger partial charge on any atom is -0.370 e. The summed E-state index contributed by atoms with van der Waals surface area (Å²) in [7, 11) is 0. The van der Waals surface area contributed by atoms with Gasteiger partial charge in [0.05, 0.1) is 11.9 Å². The van der Waals surface area contributed by atoms with Crippen molar-refractivity contribution >= 4 is 17.6 Å². The second-order valence-electron chi connectivity index (χ2n) is 4.21. The summed E-state index contributed by atoms with van der Waals surface area (Å²) in [5.74, 6) is 2.90. The first-order valence-electron chi connectivity index (χ1n) is 6.11. The highest BCUT2D eigenvalue weighted by Gasteiger charge is 2.20. The van der Waals surface area contributed by atoms with Gasteiger partial charge in [0.25, 0.3) is 0 Å². The Kier molecular flexibility index (Phi) is 3.33. The quantitative estimate of drug-likeness (QED) is 0.934. The van der Waals surface area contributed by atoms with Gasteiger partial charge in [-0.1, -0.05) is 0 Å². The van der Waals surface area contributed by atoms with Crippen LogP contribution < -0.4 is 5.32 Å². The van der Waals surface area contributed by atoms with Crippen molar-refractivity contribution in [1.82, 2.24) is 15.0 Å². The van der Waals surface area contributed by atoms with Crippen LogP contribution in [0.3, 0.4) is 0 Å². The molecule has 2 aromatic heterocycles. The average molecular weight is 276 g/mol. The maximum absolute atomic E-state index is 12.9. The van der Waals surface area contributed by atoms with E-state index in [1.54, 1.807) is 6.07 Å². The van der Waals surface area contributed by atoms with Crippen LogP contribution in [0.2, 0.25) is 0 Å². The summed E-state index contributed by atoms with van der Waals surface area (Å²) in [6.45, 7) is 2.84. The number of nitrogens with zero attached hydrogens (tertiary/aromatic N) is 3. The van der Waals surface area contributed by atoms with E-state index in [9.17, 15) is 4.39 Å². The molecule has 3 rings (SSSR count). The summed E-state index contributed by atoms with van der Waals surface area (Å²) in [5.41, 5.74) is 2.83. The zero-order chi connectivity index (χ0) is 13.2. The van der Waals surface area contributed by atoms with Crippen molar-refractivity contribution in [2.75, 3.05) is 11.9 Å². The first-order valence-corrected chi connectivity index (χ1v) is 7.26. The fourth-order valence-corrected chi connectivity index (χ4v) is 3.03. The van der Waals surface area contributed by atoms with E-state index in [2.05, 4.69) is 20.3 Å². The second-order valence-corrected chi connectivity index (χ2v) is 5.19. The van der Waals surface area contributed by atoms with E-state index in [4.69, 9.17) is 0 Å². The maximum Gasteiger partial charge on any atom is 0.180 e. The Bertz CT molecular complexity index is 600. The van der Waals surface area contributed by atoms with Crippen molar-refractivity contribution in [1.29, 1.82) is 0 Å². The Morgan fingerprint density at radius 3 is 2.95 bits per heavy atom. The minimum atomic E-state index is -0.354. The monoisotopic (exact) mass is 276 g/mol. The topological polar surface area (TPSA) is 50.7 Å². The molecule has 0 bridgehead atoms. The Morgan fingerprint density at radius 1 is 1.32 bits per heavy atom. The molecule has 6 heteroatoms. The van der Waals surface area contributed by atoms with E-state index in [0.29, 0.717) is 11.5 Å². The number of thioether (sulfide) groups is 1. The molecule has 0 atom stereocenters. The van der Waals surface area contributed by atoms with Crippen LogP contribution in [0, 0.1) is 5.82 Å². The molecule has 98 valence electrons. The molecular formula is C13H13FN4S. The summed E-state index contributed by atoms with van der Waals surface area (Å²) in [6, 6.07) is 2.98. The molecule has 0 aliphatic carbocycles. The van der Waals surface area contributed by atoms with E-state index in [0.717, 1.165) is 29.6 Å². The number of aromatic nitrogens is 3. The second kappa shape index (κ2) is 5.13.